The third kappa shape index (κ3) is 3.50. The van der Waals surface area contributed by atoms with Crippen molar-refractivity contribution in [1.29, 1.82) is 0 Å². The predicted molar refractivity (Wildman–Crippen MR) is 94.3 cm³/mol. The molecule has 0 N–H and O–H groups in total. The van der Waals surface area contributed by atoms with E-state index < -0.39 is 0 Å². The number of carbonyl (C=O) groups is 1. The molecule has 0 saturated heterocycles. The lowest BCUT2D eigenvalue weighted by molar-refractivity contribution is 0.112. The second-order valence-electron chi connectivity index (χ2n) is 5.31. The molecule has 24 heavy (non-hydrogen) atoms. The van der Waals surface area contributed by atoms with Crippen LogP contribution in [0, 0.1) is 6.57 Å². The van der Waals surface area contributed by atoms with Crippen molar-refractivity contribution < 1.29 is 9.53 Å². The van der Waals surface area contributed by atoms with Crippen molar-refractivity contribution in [2.75, 3.05) is 0 Å². The molecule has 0 unspecified atom stereocenters. The van der Waals surface area contributed by atoms with Gasteiger partial charge in [0.25, 0.3) is 0 Å². The maximum absolute atomic E-state index is 10.8. The van der Waals surface area contributed by atoms with Crippen molar-refractivity contribution in [3.63, 3.8) is 0 Å². The molecule has 0 bridgehead atoms. The van der Waals surface area contributed by atoms with Crippen LogP contribution in [0.5, 0.6) is 5.75 Å². The summed E-state index contributed by atoms with van der Waals surface area (Å²) in [5.74, 6) is 0.659. The SMILES string of the molecule is [C-]#[N+]c1ccc(-c2ccc(C=O)cc2)c(OCc2ccccc2)c1. The Balaban J connectivity index is 1.93. The number of aldehydes is 1. The first-order valence-electron chi connectivity index (χ1n) is 7.54. The minimum atomic E-state index is 0.432. The normalized spacial score (nSPS) is 9.96. The molecule has 0 aromatic heterocycles. The highest BCUT2D eigenvalue weighted by atomic mass is 16.5. The van der Waals surface area contributed by atoms with E-state index >= 15 is 0 Å². The highest BCUT2D eigenvalue weighted by molar-refractivity contribution is 5.79. The van der Waals surface area contributed by atoms with E-state index in [-0.39, 0.29) is 0 Å². The predicted octanol–water partition coefficient (Wildman–Crippen LogP) is 5.30. The van der Waals surface area contributed by atoms with Gasteiger partial charge in [-0.2, -0.15) is 0 Å². The molecule has 0 aliphatic carbocycles. The summed E-state index contributed by atoms with van der Waals surface area (Å²) < 4.78 is 5.96. The van der Waals surface area contributed by atoms with Crippen LogP contribution in [0.4, 0.5) is 5.69 Å². The minimum Gasteiger partial charge on any atom is -0.490 e. The molecule has 3 aromatic carbocycles. The molecule has 0 amide bonds. The fraction of sp³-hybridized carbons (Fsp3) is 0.0476. The van der Waals surface area contributed by atoms with Gasteiger partial charge in [0.05, 0.1) is 6.57 Å². The summed E-state index contributed by atoms with van der Waals surface area (Å²) >= 11 is 0. The van der Waals surface area contributed by atoms with Crippen LogP contribution in [-0.2, 0) is 6.61 Å². The number of hydrogen-bond donors (Lipinski definition) is 0. The van der Waals surface area contributed by atoms with Gasteiger partial charge in [-0.3, -0.25) is 4.79 Å². The standard InChI is InChI=1S/C21H15NO2/c1-22-19-11-12-20(18-9-7-16(14-23)8-10-18)21(13-19)24-15-17-5-3-2-4-6-17/h2-14H,15H2. The molecule has 0 atom stereocenters. The van der Waals surface area contributed by atoms with Crippen LogP contribution < -0.4 is 4.74 Å². The van der Waals surface area contributed by atoms with Gasteiger partial charge in [0.1, 0.15) is 18.6 Å². The van der Waals surface area contributed by atoms with Crippen LogP contribution in [0.25, 0.3) is 16.0 Å². The van der Waals surface area contributed by atoms with Gasteiger partial charge in [-0.15, -0.1) is 0 Å². The first-order valence-corrected chi connectivity index (χ1v) is 7.54. The number of ether oxygens (including phenoxy) is 1. The molecule has 3 heteroatoms. The Morgan fingerprint density at radius 3 is 2.38 bits per heavy atom. The number of carbonyl (C=O) groups excluding carboxylic acids is 1. The lowest BCUT2D eigenvalue weighted by Crippen LogP contribution is -1.97. The van der Waals surface area contributed by atoms with Crippen molar-refractivity contribution in [3.8, 4) is 16.9 Å². The van der Waals surface area contributed by atoms with Gasteiger partial charge in [-0.05, 0) is 17.2 Å². The van der Waals surface area contributed by atoms with Gasteiger partial charge in [0.15, 0.2) is 5.69 Å². The monoisotopic (exact) mass is 313 g/mol. The summed E-state index contributed by atoms with van der Waals surface area (Å²) in [4.78, 5) is 14.3. The second kappa shape index (κ2) is 7.26. The van der Waals surface area contributed by atoms with E-state index in [2.05, 4.69) is 4.85 Å². The molecular weight excluding hydrogens is 298 g/mol. The minimum absolute atomic E-state index is 0.432. The van der Waals surface area contributed by atoms with E-state index in [1.165, 1.54) is 0 Å². The lowest BCUT2D eigenvalue weighted by Gasteiger charge is -2.13. The Morgan fingerprint density at radius 1 is 0.958 bits per heavy atom. The summed E-state index contributed by atoms with van der Waals surface area (Å²) in [5.41, 5.74) is 4.07. The summed E-state index contributed by atoms with van der Waals surface area (Å²) in [6, 6.07) is 22.6. The average Bonchev–Trinajstić information content (AvgIpc) is 2.67. The van der Waals surface area contributed by atoms with E-state index in [1.807, 2.05) is 48.5 Å². The van der Waals surface area contributed by atoms with E-state index in [9.17, 15) is 4.79 Å². The molecule has 0 aliphatic rings. The van der Waals surface area contributed by atoms with Crippen LogP contribution in [0.1, 0.15) is 15.9 Å². The van der Waals surface area contributed by atoms with E-state index in [1.54, 1.807) is 24.3 Å². The van der Waals surface area contributed by atoms with Crippen LogP contribution >= 0.6 is 0 Å². The molecule has 3 nitrogen and oxygen atoms in total. The van der Waals surface area contributed by atoms with E-state index in [0.717, 1.165) is 23.0 Å². The summed E-state index contributed by atoms with van der Waals surface area (Å²) in [6.45, 7) is 7.63. The van der Waals surface area contributed by atoms with Crippen LogP contribution in [0.2, 0.25) is 0 Å². The number of nitrogens with zero attached hydrogens (tertiary/aromatic N) is 1. The summed E-state index contributed by atoms with van der Waals surface area (Å²) in [5, 5.41) is 0. The number of rotatable bonds is 5. The maximum atomic E-state index is 10.8. The van der Waals surface area contributed by atoms with Crippen molar-refractivity contribution in [1.82, 2.24) is 0 Å². The molecule has 3 rings (SSSR count). The molecule has 0 fully saturated rings. The van der Waals surface area contributed by atoms with Gasteiger partial charge in [-0.25, -0.2) is 4.85 Å². The Kier molecular flexibility index (Phi) is 4.69. The molecule has 0 radical (unpaired) electrons. The van der Waals surface area contributed by atoms with Crippen molar-refractivity contribution in [2.45, 2.75) is 6.61 Å². The second-order valence-corrected chi connectivity index (χ2v) is 5.31. The molecule has 116 valence electrons. The lowest BCUT2D eigenvalue weighted by atomic mass is 10.0. The quantitative estimate of drug-likeness (QED) is 0.473. The Morgan fingerprint density at radius 2 is 1.71 bits per heavy atom. The highest BCUT2D eigenvalue weighted by Crippen LogP contribution is 2.34. The highest BCUT2D eigenvalue weighted by Gasteiger charge is 2.08. The van der Waals surface area contributed by atoms with E-state index in [4.69, 9.17) is 11.3 Å². The van der Waals surface area contributed by atoms with Gasteiger partial charge < -0.3 is 4.74 Å². The van der Waals surface area contributed by atoms with Crippen molar-refractivity contribution >= 4 is 12.0 Å². The van der Waals surface area contributed by atoms with Gasteiger partial charge in [-0.1, -0.05) is 66.7 Å². The fourth-order valence-electron chi connectivity index (χ4n) is 2.42. The number of hydrogen-bond acceptors (Lipinski definition) is 2. The third-order valence-electron chi connectivity index (χ3n) is 3.69. The maximum Gasteiger partial charge on any atom is 0.190 e. The van der Waals surface area contributed by atoms with Crippen molar-refractivity contribution in [3.05, 3.63) is 95.3 Å². The van der Waals surface area contributed by atoms with E-state index in [0.29, 0.717) is 23.6 Å². The average molecular weight is 313 g/mol. The molecule has 0 spiro atoms. The van der Waals surface area contributed by atoms with Crippen molar-refractivity contribution in [2.24, 2.45) is 0 Å². The Labute approximate surface area is 141 Å². The van der Waals surface area contributed by atoms with Gasteiger partial charge in [0, 0.05) is 11.1 Å². The zero-order valence-electron chi connectivity index (χ0n) is 13.0. The van der Waals surface area contributed by atoms with Gasteiger partial charge >= 0.3 is 0 Å². The Bertz CT molecular complexity index is 878. The topological polar surface area (TPSA) is 30.7 Å². The summed E-state index contributed by atoms with van der Waals surface area (Å²) in [7, 11) is 0. The molecule has 3 aromatic rings. The molecule has 0 heterocycles. The number of benzene rings is 3. The van der Waals surface area contributed by atoms with Crippen LogP contribution in [-0.4, -0.2) is 6.29 Å². The molecule has 0 saturated carbocycles. The molecule has 0 aliphatic heterocycles. The first-order chi connectivity index (χ1) is 11.8. The Hall–Kier alpha value is -3.38. The van der Waals surface area contributed by atoms with Gasteiger partial charge in [0.2, 0.25) is 0 Å². The summed E-state index contributed by atoms with van der Waals surface area (Å²) in [6.07, 6.45) is 0.818. The zero-order chi connectivity index (χ0) is 16.8. The fourth-order valence-corrected chi connectivity index (χ4v) is 2.42. The first kappa shape index (κ1) is 15.5. The largest absolute Gasteiger partial charge is 0.490 e. The third-order valence-corrected chi connectivity index (χ3v) is 3.69. The molecular formula is C21H15NO2. The van der Waals surface area contributed by atoms with Crippen LogP contribution in [0.15, 0.2) is 72.8 Å². The smallest absolute Gasteiger partial charge is 0.190 e. The zero-order valence-corrected chi connectivity index (χ0v) is 13.0. The van der Waals surface area contributed by atoms with Crippen LogP contribution in [0.3, 0.4) is 0 Å².